The zero-order valence-corrected chi connectivity index (χ0v) is 30.9. The summed E-state index contributed by atoms with van der Waals surface area (Å²) >= 11 is 0. The standard InChI is InChI=1S/C38H39O14P/c1-23(39)49-37-33(45-3)19-25(20-34(37)46-4)7-17-31(41)27-9-13-29(14-10-27)51-53(43,44)52-30-15-11-28(12-16-30)32(42)18-8-26-21-35(47-5)38(50-24(2)40)36(22-26)48-6/h9-16,19-22H,7-8,17-18H2,1-6H3,(H,43,44). The number of carbonyl (C=O) groups is 4. The monoisotopic (exact) mass is 750 g/mol. The highest BCUT2D eigenvalue weighted by Crippen LogP contribution is 2.45. The summed E-state index contributed by atoms with van der Waals surface area (Å²) in [4.78, 5) is 59.2. The first-order valence-corrected chi connectivity index (χ1v) is 17.6. The van der Waals surface area contributed by atoms with Crippen LogP contribution in [-0.4, -0.2) is 56.8 Å². The molecule has 15 heteroatoms. The first-order valence-electron chi connectivity index (χ1n) is 16.1. The second-order valence-corrected chi connectivity index (χ2v) is 12.7. The number of hydrogen-bond acceptors (Lipinski definition) is 13. The molecule has 53 heavy (non-hydrogen) atoms. The average Bonchev–Trinajstić information content (AvgIpc) is 3.13. The van der Waals surface area contributed by atoms with E-state index in [1.807, 2.05) is 0 Å². The van der Waals surface area contributed by atoms with Gasteiger partial charge in [-0.3, -0.25) is 24.1 Å². The SMILES string of the molecule is COc1cc(CCC(=O)c2ccc(OP(=O)(O)Oc3ccc(C(=O)CCc4cc(OC)c(OC(C)=O)c(OC)c4)cc3)cc2)cc(OC)c1OC(C)=O. The van der Waals surface area contributed by atoms with Gasteiger partial charge in [0.05, 0.1) is 28.4 Å². The predicted octanol–water partition coefficient (Wildman–Crippen LogP) is 6.76. The van der Waals surface area contributed by atoms with Gasteiger partial charge in [0.2, 0.25) is 11.5 Å². The third-order valence-electron chi connectivity index (χ3n) is 7.61. The van der Waals surface area contributed by atoms with E-state index < -0.39 is 19.8 Å². The van der Waals surface area contributed by atoms with Crippen LogP contribution in [0.1, 0.15) is 58.5 Å². The van der Waals surface area contributed by atoms with E-state index in [0.717, 1.165) is 0 Å². The molecule has 0 spiro atoms. The van der Waals surface area contributed by atoms with Crippen LogP contribution >= 0.6 is 7.82 Å². The Kier molecular flexibility index (Phi) is 13.6. The van der Waals surface area contributed by atoms with E-state index in [2.05, 4.69) is 0 Å². The molecule has 0 bridgehead atoms. The lowest BCUT2D eigenvalue weighted by Gasteiger charge is -2.15. The summed E-state index contributed by atoms with van der Waals surface area (Å²) in [6.07, 6.45) is 0.887. The number of hydrogen-bond donors (Lipinski definition) is 1. The highest BCUT2D eigenvalue weighted by Gasteiger charge is 2.26. The van der Waals surface area contributed by atoms with Crippen molar-refractivity contribution in [3.8, 4) is 46.0 Å². The Bertz CT molecular complexity index is 1810. The Morgan fingerprint density at radius 3 is 1.11 bits per heavy atom. The van der Waals surface area contributed by atoms with Gasteiger partial charge in [-0.05, 0) is 96.8 Å². The molecule has 0 fully saturated rings. The summed E-state index contributed by atoms with van der Waals surface area (Å²) in [5.74, 6) is -0.0844. The number of phosphoric ester groups is 1. The minimum Gasteiger partial charge on any atom is -0.493 e. The van der Waals surface area contributed by atoms with Gasteiger partial charge in [0.25, 0.3) is 0 Å². The summed E-state index contributed by atoms with van der Waals surface area (Å²) in [5, 5.41) is 0. The molecule has 0 atom stereocenters. The second kappa shape index (κ2) is 18.1. The van der Waals surface area contributed by atoms with Crippen LogP contribution < -0.4 is 37.5 Å². The molecule has 14 nitrogen and oxygen atoms in total. The molecule has 0 heterocycles. The molecule has 0 saturated carbocycles. The van der Waals surface area contributed by atoms with E-state index in [1.54, 1.807) is 24.3 Å². The summed E-state index contributed by atoms with van der Waals surface area (Å²) in [6.45, 7) is 2.52. The maximum Gasteiger partial charge on any atom is 0.584 e. The van der Waals surface area contributed by atoms with Crippen molar-refractivity contribution in [3.05, 3.63) is 95.1 Å². The van der Waals surface area contributed by atoms with Crippen LogP contribution in [-0.2, 0) is 27.0 Å². The van der Waals surface area contributed by atoms with Crippen LogP contribution in [0.3, 0.4) is 0 Å². The van der Waals surface area contributed by atoms with E-state index >= 15 is 0 Å². The minimum absolute atomic E-state index is 0.0103. The molecule has 0 aliphatic heterocycles. The van der Waals surface area contributed by atoms with Crippen molar-refractivity contribution < 1.29 is 66.1 Å². The number of methoxy groups -OCH3 is 4. The molecule has 0 unspecified atom stereocenters. The summed E-state index contributed by atoms with van der Waals surface area (Å²) < 4.78 is 54.9. The number of Topliss-reactive ketones (excluding diaryl/α,β-unsaturated/α-hetero) is 2. The number of phosphoric acid groups is 1. The molecule has 0 aliphatic rings. The molecule has 0 radical (unpaired) electrons. The lowest BCUT2D eigenvalue weighted by molar-refractivity contribution is -0.133. The predicted molar refractivity (Wildman–Crippen MR) is 191 cm³/mol. The fourth-order valence-electron chi connectivity index (χ4n) is 5.14. The number of benzene rings is 4. The highest BCUT2D eigenvalue weighted by atomic mass is 31.2. The van der Waals surface area contributed by atoms with E-state index in [4.69, 9.17) is 37.5 Å². The molecule has 0 aliphatic carbocycles. The van der Waals surface area contributed by atoms with Gasteiger partial charge >= 0.3 is 19.8 Å². The lowest BCUT2D eigenvalue weighted by Crippen LogP contribution is -2.06. The zero-order chi connectivity index (χ0) is 38.7. The minimum atomic E-state index is -4.66. The molecule has 1 N–H and O–H groups in total. The van der Waals surface area contributed by atoms with E-state index in [-0.39, 0.29) is 70.4 Å². The zero-order valence-electron chi connectivity index (χ0n) is 30.0. The van der Waals surface area contributed by atoms with Gasteiger partial charge in [-0.2, -0.15) is 0 Å². The average molecular weight is 751 g/mol. The van der Waals surface area contributed by atoms with Gasteiger partial charge in [0.1, 0.15) is 11.5 Å². The fourth-order valence-corrected chi connectivity index (χ4v) is 5.95. The number of rotatable bonds is 18. The second-order valence-electron chi connectivity index (χ2n) is 11.4. The van der Waals surface area contributed by atoms with Crippen LogP contribution in [0.2, 0.25) is 0 Å². The molecule has 4 aromatic carbocycles. The maximum absolute atomic E-state index is 12.9. The molecule has 280 valence electrons. The van der Waals surface area contributed by atoms with Crippen LogP contribution in [0.5, 0.6) is 46.0 Å². The van der Waals surface area contributed by atoms with Crippen LogP contribution in [0.25, 0.3) is 0 Å². The summed E-state index contributed by atoms with van der Waals surface area (Å²) in [6, 6.07) is 18.0. The number of ether oxygens (including phenoxy) is 6. The lowest BCUT2D eigenvalue weighted by atomic mass is 10.0. The fraction of sp³-hybridized carbons (Fsp3) is 0.263. The van der Waals surface area contributed by atoms with Gasteiger partial charge in [-0.25, -0.2) is 4.57 Å². The first kappa shape index (κ1) is 39.9. The molecule has 0 saturated heterocycles. The Morgan fingerprint density at radius 1 is 0.547 bits per heavy atom. The van der Waals surface area contributed by atoms with Crippen molar-refractivity contribution in [2.45, 2.75) is 39.5 Å². The molecular formula is C38H39O14P. The largest absolute Gasteiger partial charge is 0.584 e. The van der Waals surface area contributed by atoms with Gasteiger partial charge in [-0.15, -0.1) is 0 Å². The van der Waals surface area contributed by atoms with Gasteiger partial charge in [-0.1, -0.05) is 0 Å². The van der Waals surface area contributed by atoms with Crippen molar-refractivity contribution in [3.63, 3.8) is 0 Å². The van der Waals surface area contributed by atoms with Crippen molar-refractivity contribution in [2.75, 3.05) is 28.4 Å². The Labute approximate surface area is 306 Å². The first-order chi connectivity index (χ1) is 25.2. The topological polar surface area (TPSA) is 179 Å². The van der Waals surface area contributed by atoms with E-state index in [0.29, 0.717) is 35.1 Å². The number of ketones is 2. The quantitative estimate of drug-likeness (QED) is 0.0488. The van der Waals surface area contributed by atoms with Gasteiger partial charge in [0, 0.05) is 37.8 Å². The Balaban J connectivity index is 1.31. The smallest absolute Gasteiger partial charge is 0.493 e. The van der Waals surface area contributed by atoms with Gasteiger partial charge in [0.15, 0.2) is 34.6 Å². The van der Waals surface area contributed by atoms with Crippen molar-refractivity contribution in [2.24, 2.45) is 0 Å². The molecule has 4 rings (SSSR count). The third kappa shape index (κ3) is 11.1. The normalized spacial score (nSPS) is 10.8. The van der Waals surface area contributed by atoms with Crippen molar-refractivity contribution >= 4 is 31.3 Å². The van der Waals surface area contributed by atoms with Crippen LogP contribution in [0, 0.1) is 0 Å². The molecule has 0 aromatic heterocycles. The van der Waals surface area contributed by atoms with Crippen molar-refractivity contribution in [1.29, 1.82) is 0 Å². The summed E-state index contributed by atoms with van der Waals surface area (Å²) in [5.41, 5.74) is 2.12. The molecule has 0 amide bonds. The highest BCUT2D eigenvalue weighted by molar-refractivity contribution is 7.48. The Hall–Kier alpha value is -5.85. The molecular weight excluding hydrogens is 711 g/mol. The molecule has 4 aromatic rings. The van der Waals surface area contributed by atoms with Crippen LogP contribution in [0.4, 0.5) is 0 Å². The summed E-state index contributed by atoms with van der Waals surface area (Å²) in [7, 11) is 1.04. The number of aryl methyl sites for hydroxylation is 2. The maximum atomic E-state index is 12.9. The van der Waals surface area contributed by atoms with E-state index in [9.17, 15) is 28.6 Å². The van der Waals surface area contributed by atoms with Crippen molar-refractivity contribution in [1.82, 2.24) is 0 Å². The Morgan fingerprint density at radius 2 is 0.849 bits per heavy atom. The van der Waals surface area contributed by atoms with E-state index in [1.165, 1.54) is 90.8 Å². The number of esters is 2. The number of carbonyl (C=O) groups excluding carboxylic acids is 4. The van der Waals surface area contributed by atoms with Gasteiger partial charge < -0.3 is 37.5 Å². The third-order valence-corrected chi connectivity index (χ3v) is 8.49. The van der Waals surface area contributed by atoms with Crippen LogP contribution in [0.15, 0.2) is 72.8 Å².